The summed E-state index contributed by atoms with van der Waals surface area (Å²) in [5, 5.41) is 23.1. The summed E-state index contributed by atoms with van der Waals surface area (Å²) in [6.45, 7) is 0.0918. The normalized spacial score (nSPS) is 10.7. The van der Waals surface area contributed by atoms with Gasteiger partial charge in [-0.05, 0) is 42.0 Å². The highest BCUT2D eigenvalue weighted by Gasteiger charge is 2.16. The van der Waals surface area contributed by atoms with E-state index in [1.165, 1.54) is 32.4 Å². The molecular weight excluding hydrogens is 438 g/mol. The maximum atomic E-state index is 12.8. The molecule has 3 aromatic rings. The monoisotopic (exact) mass is 459 g/mol. The van der Waals surface area contributed by atoms with E-state index >= 15 is 0 Å². The number of carbonyl (C=O) groups excluding carboxylic acids is 1. The molecule has 0 heterocycles. The van der Waals surface area contributed by atoms with Gasteiger partial charge in [0.2, 0.25) is 0 Å². The smallest absolute Gasteiger partial charge is 0.269 e. The number of non-ortho nitro benzene ring substituents is 1. The summed E-state index contributed by atoms with van der Waals surface area (Å²) in [6, 6.07) is 19.8. The van der Waals surface area contributed by atoms with Crippen LogP contribution in [0.25, 0.3) is 6.08 Å². The van der Waals surface area contributed by atoms with E-state index in [1.807, 2.05) is 6.07 Å². The Morgan fingerprint density at radius 1 is 1.03 bits per heavy atom. The van der Waals surface area contributed by atoms with Gasteiger partial charge in [0.05, 0.1) is 24.8 Å². The van der Waals surface area contributed by atoms with Crippen molar-refractivity contribution in [1.29, 1.82) is 5.26 Å². The van der Waals surface area contributed by atoms with Crippen molar-refractivity contribution in [2.75, 3.05) is 19.5 Å². The lowest BCUT2D eigenvalue weighted by Gasteiger charge is -2.14. The van der Waals surface area contributed by atoms with E-state index < -0.39 is 10.8 Å². The van der Waals surface area contributed by atoms with Crippen LogP contribution in [0, 0.1) is 21.4 Å². The summed E-state index contributed by atoms with van der Waals surface area (Å²) in [7, 11) is 2.96. The highest BCUT2D eigenvalue weighted by Crippen LogP contribution is 2.34. The first-order valence-electron chi connectivity index (χ1n) is 10.1. The third kappa shape index (κ3) is 5.69. The topological polar surface area (TPSA) is 124 Å². The molecule has 0 radical (unpaired) electrons. The maximum absolute atomic E-state index is 12.8. The predicted octanol–water partition coefficient (Wildman–Crippen LogP) is 4.74. The van der Waals surface area contributed by atoms with Crippen molar-refractivity contribution < 1.29 is 23.9 Å². The predicted molar refractivity (Wildman–Crippen MR) is 126 cm³/mol. The molecule has 0 aliphatic carbocycles. The molecule has 0 aliphatic rings. The molecule has 0 unspecified atom stereocenters. The Labute approximate surface area is 196 Å². The molecule has 0 fully saturated rings. The van der Waals surface area contributed by atoms with E-state index in [0.717, 1.165) is 0 Å². The molecule has 0 aromatic heterocycles. The van der Waals surface area contributed by atoms with Crippen molar-refractivity contribution in [3.63, 3.8) is 0 Å². The molecule has 9 nitrogen and oxygen atoms in total. The van der Waals surface area contributed by atoms with Gasteiger partial charge in [-0.15, -0.1) is 0 Å². The molecule has 1 N–H and O–H groups in total. The number of nitrogens with zero attached hydrogens (tertiary/aromatic N) is 2. The van der Waals surface area contributed by atoms with E-state index in [1.54, 1.807) is 54.6 Å². The summed E-state index contributed by atoms with van der Waals surface area (Å²) in [5.41, 5.74) is 1.40. The summed E-state index contributed by atoms with van der Waals surface area (Å²) in [5.74, 6) is 0.567. The zero-order valence-corrected chi connectivity index (χ0v) is 18.5. The van der Waals surface area contributed by atoms with E-state index in [-0.39, 0.29) is 17.9 Å². The van der Waals surface area contributed by atoms with Gasteiger partial charge in [0.1, 0.15) is 24.0 Å². The Bertz CT molecular complexity index is 1260. The van der Waals surface area contributed by atoms with Gasteiger partial charge in [-0.3, -0.25) is 14.9 Å². The van der Waals surface area contributed by atoms with Crippen LogP contribution in [-0.2, 0) is 11.4 Å². The zero-order chi connectivity index (χ0) is 24.5. The van der Waals surface area contributed by atoms with Crippen LogP contribution in [0.4, 0.5) is 11.4 Å². The van der Waals surface area contributed by atoms with Crippen molar-refractivity contribution in [2.24, 2.45) is 0 Å². The molecule has 0 atom stereocenters. The Morgan fingerprint density at radius 2 is 1.71 bits per heavy atom. The lowest BCUT2D eigenvalue weighted by molar-refractivity contribution is -0.384. The van der Waals surface area contributed by atoms with Gasteiger partial charge in [-0.1, -0.05) is 24.3 Å². The number of methoxy groups -OCH3 is 2. The Hall–Kier alpha value is -4.84. The number of hydrogen-bond acceptors (Lipinski definition) is 7. The van der Waals surface area contributed by atoms with Crippen molar-refractivity contribution in [1.82, 2.24) is 0 Å². The lowest BCUT2D eigenvalue weighted by Crippen LogP contribution is -2.14. The average Bonchev–Trinajstić information content (AvgIpc) is 2.86. The molecule has 1 amide bonds. The molecule has 34 heavy (non-hydrogen) atoms. The SMILES string of the molecule is COc1ccccc1NC(=O)/C(C#N)=C/c1cccc(OC)c1OCc1ccc([N+](=O)[O-])cc1. The van der Waals surface area contributed by atoms with Crippen molar-refractivity contribution >= 4 is 23.4 Å². The number of para-hydroxylation sites is 3. The molecule has 0 saturated heterocycles. The molecule has 0 bridgehead atoms. The van der Waals surface area contributed by atoms with Gasteiger partial charge in [0, 0.05) is 17.7 Å². The highest BCUT2D eigenvalue weighted by molar-refractivity contribution is 6.10. The molecule has 0 aliphatic heterocycles. The largest absolute Gasteiger partial charge is 0.495 e. The van der Waals surface area contributed by atoms with Crippen molar-refractivity contribution in [2.45, 2.75) is 6.61 Å². The molecule has 172 valence electrons. The number of rotatable bonds is 9. The number of carbonyl (C=O) groups is 1. The average molecular weight is 459 g/mol. The summed E-state index contributed by atoms with van der Waals surface area (Å²) in [6.07, 6.45) is 1.40. The number of benzene rings is 3. The first-order valence-corrected chi connectivity index (χ1v) is 10.1. The molecule has 0 saturated carbocycles. The summed E-state index contributed by atoms with van der Waals surface area (Å²) in [4.78, 5) is 23.1. The fraction of sp³-hybridized carbons (Fsp3) is 0.120. The minimum atomic E-state index is -0.615. The first kappa shape index (κ1) is 23.8. The van der Waals surface area contributed by atoms with Crippen LogP contribution in [0.15, 0.2) is 72.3 Å². The number of hydrogen-bond donors (Lipinski definition) is 1. The number of nitrogens with one attached hydrogen (secondary N) is 1. The third-order valence-electron chi connectivity index (χ3n) is 4.78. The van der Waals surface area contributed by atoms with Gasteiger partial charge in [-0.2, -0.15) is 5.26 Å². The number of nitro groups is 1. The molecule has 9 heteroatoms. The molecule has 3 aromatic carbocycles. The number of ether oxygens (including phenoxy) is 3. The van der Waals surface area contributed by atoms with Crippen molar-refractivity contribution in [3.8, 4) is 23.3 Å². The Morgan fingerprint density at radius 3 is 2.35 bits per heavy atom. The van der Waals surface area contributed by atoms with Crippen LogP contribution in [0.1, 0.15) is 11.1 Å². The van der Waals surface area contributed by atoms with Gasteiger partial charge < -0.3 is 19.5 Å². The van der Waals surface area contributed by atoms with Gasteiger partial charge in [-0.25, -0.2) is 0 Å². The second kappa shape index (κ2) is 11.2. The fourth-order valence-corrected chi connectivity index (χ4v) is 3.07. The van der Waals surface area contributed by atoms with Gasteiger partial charge >= 0.3 is 0 Å². The van der Waals surface area contributed by atoms with E-state index in [4.69, 9.17) is 14.2 Å². The van der Waals surface area contributed by atoms with Gasteiger partial charge in [0.15, 0.2) is 11.5 Å². The lowest BCUT2D eigenvalue weighted by atomic mass is 10.1. The molecule has 0 spiro atoms. The summed E-state index contributed by atoms with van der Waals surface area (Å²) < 4.78 is 16.5. The van der Waals surface area contributed by atoms with Crippen LogP contribution < -0.4 is 19.5 Å². The Balaban J connectivity index is 1.87. The zero-order valence-electron chi connectivity index (χ0n) is 18.5. The van der Waals surface area contributed by atoms with Crippen LogP contribution in [-0.4, -0.2) is 25.1 Å². The second-order valence-corrected chi connectivity index (χ2v) is 6.92. The maximum Gasteiger partial charge on any atom is 0.269 e. The number of nitro benzene ring substituents is 1. The van der Waals surface area contributed by atoms with E-state index in [9.17, 15) is 20.2 Å². The van der Waals surface area contributed by atoms with Crippen LogP contribution in [0.2, 0.25) is 0 Å². The first-order chi connectivity index (χ1) is 16.5. The molecular formula is C25H21N3O6. The second-order valence-electron chi connectivity index (χ2n) is 6.92. The number of amides is 1. The quantitative estimate of drug-likeness (QED) is 0.212. The van der Waals surface area contributed by atoms with E-state index in [0.29, 0.717) is 34.1 Å². The minimum absolute atomic E-state index is 0.0237. The van der Waals surface area contributed by atoms with Gasteiger partial charge in [0.25, 0.3) is 11.6 Å². The Kier molecular flexibility index (Phi) is 7.81. The highest BCUT2D eigenvalue weighted by atomic mass is 16.6. The fourth-order valence-electron chi connectivity index (χ4n) is 3.07. The number of nitriles is 1. The van der Waals surface area contributed by atoms with Crippen LogP contribution >= 0.6 is 0 Å². The minimum Gasteiger partial charge on any atom is -0.495 e. The third-order valence-corrected chi connectivity index (χ3v) is 4.78. The molecule has 3 rings (SSSR count). The van der Waals surface area contributed by atoms with Crippen LogP contribution in [0.3, 0.4) is 0 Å². The number of anilines is 1. The summed E-state index contributed by atoms with van der Waals surface area (Å²) >= 11 is 0. The standard InChI is InChI=1S/C25H21N3O6/c1-32-22-8-4-3-7-21(22)27-25(29)19(15-26)14-18-6-5-9-23(33-2)24(18)34-16-17-10-12-20(13-11-17)28(30)31/h3-14H,16H2,1-2H3,(H,27,29)/b19-14+. The van der Waals surface area contributed by atoms with E-state index in [2.05, 4.69) is 5.32 Å². The van der Waals surface area contributed by atoms with Crippen LogP contribution in [0.5, 0.6) is 17.2 Å². The van der Waals surface area contributed by atoms with Crippen molar-refractivity contribution in [3.05, 3.63) is 93.5 Å².